The Morgan fingerprint density at radius 2 is 1.71 bits per heavy atom. The molecule has 14 heavy (non-hydrogen) atoms. The zero-order valence-electron chi connectivity index (χ0n) is 6.84. The van der Waals surface area contributed by atoms with Crippen LogP contribution in [0.3, 0.4) is 0 Å². The molecular formula is C7H8O6S. The number of carbonyl (C=O) groups is 1. The van der Waals surface area contributed by atoms with Crippen LogP contribution in [0.5, 0.6) is 0 Å². The van der Waals surface area contributed by atoms with E-state index in [2.05, 4.69) is 0 Å². The van der Waals surface area contributed by atoms with Crippen molar-refractivity contribution < 1.29 is 28.3 Å². The van der Waals surface area contributed by atoms with Crippen molar-refractivity contribution in [1.29, 1.82) is 0 Å². The van der Waals surface area contributed by atoms with E-state index in [1.165, 1.54) is 12.1 Å². The standard InChI is InChI=1S/C7H6O5S.H2O/c8-7(9)5-3-1-2-4-6(5)13(10,11)12;/h1-4H,(H,8,9)(H,10,11,12);1H2. The van der Waals surface area contributed by atoms with Crippen molar-refractivity contribution in [2.75, 3.05) is 0 Å². The Kier molecular flexibility index (Phi) is 3.75. The van der Waals surface area contributed by atoms with Gasteiger partial charge in [-0.2, -0.15) is 8.42 Å². The molecule has 0 atom stereocenters. The van der Waals surface area contributed by atoms with E-state index in [4.69, 9.17) is 9.66 Å². The lowest BCUT2D eigenvalue weighted by atomic mass is 10.2. The van der Waals surface area contributed by atoms with Gasteiger partial charge in [0.15, 0.2) is 0 Å². The van der Waals surface area contributed by atoms with E-state index in [1.807, 2.05) is 0 Å². The number of aromatic carboxylic acids is 1. The molecule has 4 N–H and O–H groups in total. The topological polar surface area (TPSA) is 123 Å². The van der Waals surface area contributed by atoms with E-state index in [0.717, 1.165) is 12.1 Å². The number of carboxylic acid groups (broad SMARTS) is 1. The number of rotatable bonds is 2. The molecule has 0 aliphatic rings. The summed E-state index contributed by atoms with van der Waals surface area (Å²) in [5, 5.41) is 8.55. The molecule has 0 spiro atoms. The van der Waals surface area contributed by atoms with Crippen LogP contribution < -0.4 is 0 Å². The highest BCUT2D eigenvalue weighted by molar-refractivity contribution is 7.86. The first-order valence-electron chi connectivity index (χ1n) is 3.23. The van der Waals surface area contributed by atoms with Crippen LogP contribution in [0.15, 0.2) is 29.2 Å². The fraction of sp³-hybridized carbons (Fsp3) is 0. The van der Waals surface area contributed by atoms with Crippen molar-refractivity contribution in [3.8, 4) is 0 Å². The van der Waals surface area contributed by atoms with Crippen molar-refractivity contribution in [3.63, 3.8) is 0 Å². The summed E-state index contributed by atoms with van der Waals surface area (Å²) in [6.45, 7) is 0. The quantitative estimate of drug-likeness (QED) is 0.668. The highest BCUT2D eigenvalue weighted by Gasteiger charge is 2.18. The number of carboxylic acids is 1. The molecule has 0 saturated heterocycles. The maximum Gasteiger partial charge on any atom is 0.337 e. The molecule has 0 fully saturated rings. The third kappa shape index (κ3) is 2.52. The second-order valence-electron chi connectivity index (χ2n) is 2.28. The van der Waals surface area contributed by atoms with Crippen molar-refractivity contribution in [3.05, 3.63) is 29.8 Å². The summed E-state index contributed by atoms with van der Waals surface area (Å²) in [6.07, 6.45) is 0. The van der Waals surface area contributed by atoms with E-state index in [9.17, 15) is 13.2 Å². The van der Waals surface area contributed by atoms with Gasteiger partial charge >= 0.3 is 5.97 Å². The normalized spacial score (nSPS) is 10.4. The third-order valence-corrected chi connectivity index (χ3v) is 2.31. The Morgan fingerprint density at radius 1 is 1.21 bits per heavy atom. The molecule has 1 aromatic carbocycles. The molecule has 1 rings (SSSR count). The number of benzene rings is 1. The minimum Gasteiger partial charge on any atom is -0.478 e. The molecule has 78 valence electrons. The van der Waals surface area contributed by atoms with Gasteiger partial charge in [0.2, 0.25) is 0 Å². The number of hydrogen-bond donors (Lipinski definition) is 2. The van der Waals surface area contributed by atoms with Gasteiger partial charge < -0.3 is 10.6 Å². The first kappa shape index (κ1) is 12.6. The molecule has 7 heteroatoms. The minimum atomic E-state index is -4.46. The van der Waals surface area contributed by atoms with Gasteiger partial charge in [-0.05, 0) is 12.1 Å². The van der Waals surface area contributed by atoms with Crippen LogP contribution in [0.2, 0.25) is 0 Å². The van der Waals surface area contributed by atoms with Gasteiger partial charge in [-0.1, -0.05) is 12.1 Å². The molecule has 0 aromatic heterocycles. The average molecular weight is 220 g/mol. The van der Waals surface area contributed by atoms with E-state index >= 15 is 0 Å². The smallest absolute Gasteiger partial charge is 0.337 e. The summed E-state index contributed by atoms with van der Waals surface area (Å²) in [7, 11) is -4.46. The van der Waals surface area contributed by atoms with E-state index in [1.54, 1.807) is 0 Å². The molecule has 0 heterocycles. The Hall–Kier alpha value is -1.44. The van der Waals surface area contributed by atoms with Crippen LogP contribution in [-0.4, -0.2) is 29.5 Å². The summed E-state index contributed by atoms with van der Waals surface area (Å²) < 4.78 is 29.9. The first-order valence-corrected chi connectivity index (χ1v) is 4.67. The molecule has 0 saturated carbocycles. The lowest BCUT2D eigenvalue weighted by molar-refractivity contribution is 0.0692. The molecule has 0 aliphatic carbocycles. The van der Waals surface area contributed by atoms with Gasteiger partial charge in [0.25, 0.3) is 10.1 Å². The molecule has 6 nitrogen and oxygen atoms in total. The number of hydrogen-bond acceptors (Lipinski definition) is 3. The van der Waals surface area contributed by atoms with Crippen molar-refractivity contribution in [1.82, 2.24) is 0 Å². The molecule has 1 aromatic rings. The highest BCUT2D eigenvalue weighted by atomic mass is 32.2. The third-order valence-electron chi connectivity index (χ3n) is 1.40. The van der Waals surface area contributed by atoms with Gasteiger partial charge in [-0.3, -0.25) is 4.55 Å². The molecule has 0 radical (unpaired) electrons. The summed E-state index contributed by atoms with van der Waals surface area (Å²) in [5.74, 6) is -1.40. The highest BCUT2D eigenvalue weighted by Crippen LogP contribution is 2.14. The van der Waals surface area contributed by atoms with Crippen LogP contribution in [0, 0.1) is 0 Å². The van der Waals surface area contributed by atoms with Crippen LogP contribution in [-0.2, 0) is 10.1 Å². The minimum absolute atomic E-state index is 0. The van der Waals surface area contributed by atoms with E-state index in [0.29, 0.717) is 0 Å². The molecule has 0 amide bonds. The molecular weight excluding hydrogens is 212 g/mol. The molecule has 0 aliphatic heterocycles. The largest absolute Gasteiger partial charge is 0.478 e. The predicted octanol–water partition coefficient (Wildman–Crippen LogP) is -0.193. The van der Waals surface area contributed by atoms with Crippen LogP contribution in [0.4, 0.5) is 0 Å². The average Bonchev–Trinajstić information content (AvgIpc) is 2.03. The van der Waals surface area contributed by atoms with Crippen LogP contribution in [0.25, 0.3) is 0 Å². The zero-order chi connectivity index (χ0) is 10.1. The maximum absolute atomic E-state index is 10.7. The summed E-state index contributed by atoms with van der Waals surface area (Å²) in [5.41, 5.74) is -0.440. The van der Waals surface area contributed by atoms with Crippen molar-refractivity contribution >= 4 is 16.1 Å². The molecule has 0 bridgehead atoms. The lowest BCUT2D eigenvalue weighted by Gasteiger charge is -2.00. The Balaban J connectivity index is 0.00000169. The second kappa shape index (κ2) is 4.18. The van der Waals surface area contributed by atoms with Gasteiger partial charge in [-0.15, -0.1) is 0 Å². The molecule has 0 unspecified atom stereocenters. The second-order valence-corrected chi connectivity index (χ2v) is 3.67. The van der Waals surface area contributed by atoms with E-state index in [-0.39, 0.29) is 5.48 Å². The van der Waals surface area contributed by atoms with Crippen molar-refractivity contribution in [2.24, 2.45) is 0 Å². The van der Waals surface area contributed by atoms with Gasteiger partial charge in [0, 0.05) is 0 Å². The Morgan fingerprint density at radius 3 is 2.07 bits per heavy atom. The maximum atomic E-state index is 10.7. The van der Waals surface area contributed by atoms with E-state index < -0.39 is 26.5 Å². The van der Waals surface area contributed by atoms with Crippen LogP contribution >= 0.6 is 0 Å². The van der Waals surface area contributed by atoms with Gasteiger partial charge in [-0.25, -0.2) is 4.79 Å². The summed E-state index contributed by atoms with van der Waals surface area (Å²) in [4.78, 5) is 9.90. The Labute approximate surface area is 79.9 Å². The fourth-order valence-corrected chi connectivity index (χ4v) is 1.55. The van der Waals surface area contributed by atoms with Gasteiger partial charge in [0.1, 0.15) is 4.90 Å². The van der Waals surface area contributed by atoms with Gasteiger partial charge in [0.05, 0.1) is 5.56 Å². The fourth-order valence-electron chi connectivity index (χ4n) is 0.868. The monoisotopic (exact) mass is 220 g/mol. The first-order chi connectivity index (χ1) is 5.93. The predicted molar refractivity (Wildman–Crippen MR) is 46.8 cm³/mol. The SMILES string of the molecule is O.O=C(O)c1ccccc1S(=O)(=O)O. The zero-order valence-corrected chi connectivity index (χ0v) is 7.65. The Bertz CT molecular complexity index is 435. The lowest BCUT2D eigenvalue weighted by Crippen LogP contribution is -2.07. The van der Waals surface area contributed by atoms with Crippen LogP contribution in [0.1, 0.15) is 10.4 Å². The summed E-state index contributed by atoms with van der Waals surface area (Å²) >= 11 is 0. The summed E-state index contributed by atoms with van der Waals surface area (Å²) in [6, 6.07) is 4.83. The van der Waals surface area contributed by atoms with Crippen molar-refractivity contribution in [2.45, 2.75) is 4.90 Å².